The Labute approximate surface area is 201 Å². The van der Waals surface area contributed by atoms with Crippen LogP contribution in [-0.2, 0) is 18.3 Å². The van der Waals surface area contributed by atoms with E-state index in [-0.39, 0.29) is 30.0 Å². The number of carbonyl (C=O) groups is 1. The number of amides is 1. The summed E-state index contributed by atoms with van der Waals surface area (Å²) in [4.78, 5) is 17.4. The topological polar surface area (TPSA) is 95.6 Å². The van der Waals surface area contributed by atoms with Crippen LogP contribution in [0.4, 0.5) is 14.6 Å². The zero-order valence-electron chi connectivity index (χ0n) is 18.9. The van der Waals surface area contributed by atoms with Gasteiger partial charge in [0.1, 0.15) is 23.5 Å². The summed E-state index contributed by atoms with van der Waals surface area (Å²) in [5.74, 6) is -1.57. The molecule has 2 aromatic carbocycles. The van der Waals surface area contributed by atoms with Gasteiger partial charge in [0.25, 0.3) is 0 Å². The molecule has 0 saturated heterocycles. The molecule has 9 heteroatoms. The van der Waals surface area contributed by atoms with Crippen molar-refractivity contribution in [2.75, 3.05) is 11.9 Å². The number of pyridine rings is 1. The van der Waals surface area contributed by atoms with Crippen molar-refractivity contribution in [2.45, 2.75) is 12.5 Å². The van der Waals surface area contributed by atoms with E-state index in [0.717, 1.165) is 23.3 Å². The maximum Gasteiger partial charge on any atom is 0.247 e. The summed E-state index contributed by atoms with van der Waals surface area (Å²) in [6.45, 7) is 0.125. The molecule has 0 bridgehead atoms. The normalized spacial score (nSPS) is 11.6. The van der Waals surface area contributed by atoms with E-state index in [2.05, 4.69) is 20.7 Å². The van der Waals surface area contributed by atoms with Gasteiger partial charge in [-0.3, -0.25) is 9.48 Å². The predicted molar refractivity (Wildman–Crippen MR) is 127 cm³/mol. The van der Waals surface area contributed by atoms with Gasteiger partial charge in [-0.1, -0.05) is 30.3 Å². The van der Waals surface area contributed by atoms with Crippen LogP contribution in [0.15, 0.2) is 73.2 Å². The van der Waals surface area contributed by atoms with Crippen LogP contribution in [0.5, 0.6) is 0 Å². The third-order valence-electron chi connectivity index (χ3n) is 5.44. The van der Waals surface area contributed by atoms with E-state index in [1.807, 2.05) is 25.4 Å². The number of aryl methyl sites for hydroxylation is 1. The summed E-state index contributed by atoms with van der Waals surface area (Å²) in [5.41, 5.74) is 2.23. The van der Waals surface area contributed by atoms with Crippen LogP contribution in [0.3, 0.4) is 0 Å². The number of benzene rings is 2. The molecule has 1 unspecified atom stereocenters. The van der Waals surface area contributed by atoms with E-state index < -0.39 is 17.7 Å². The minimum absolute atomic E-state index is 0.00194. The summed E-state index contributed by atoms with van der Waals surface area (Å²) >= 11 is 0. The average molecular weight is 472 g/mol. The summed E-state index contributed by atoms with van der Waals surface area (Å²) < 4.78 is 30.2. The SMILES string of the molecule is Cn1cc(-c2ccc(NC(=O)C(NCCc3c(F)cc(C#N)cc3F)c3ccccc3)nc2)cn1. The van der Waals surface area contributed by atoms with Gasteiger partial charge < -0.3 is 10.6 Å². The fourth-order valence-corrected chi connectivity index (χ4v) is 3.66. The first-order valence-electron chi connectivity index (χ1n) is 10.9. The molecule has 1 amide bonds. The van der Waals surface area contributed by atoms with Gasteiger partial charge in [0.05, 0.1) is 17.8 Å². The highest BCUT2D eigenvalue weighted by Crippen LogP contribution is 2.21. The summed E-state index contributed by atoms with van der Waals surface area (Å²) in [5, 5.41) is 18.9. The third-order valence-corrected chi connectivity index (χ3v) is 5.44. The van der Waals surface area contributed by atoms with Gasteiger partial charge in [-0.15, -0.1) is 0 Å². The quantitative estimate of drug-likeness (QED) is 0.402. The molecule has 4 aromatic rings. The number of nitrogens with one attached hydrogen (secondary N) is 2. The van der Waals surface area contributed by atoms with Crippen LogP contribution in [0, 0.1) is 23.0 Å². The first-order chi connectivity index (χ1) is 16.9. The molecule has 4 rings (SSSR count). The average Bonchev–Trinajstić information content (AvgIpc) is 3.30. The number of carbonyl (C=O) groups excluding carboxylic acids is 1. The van der Waals surface area contributed by atoms with E-state index >= 15 is 0 Å². The van der Waals surface area contributed by atoms with E-state index in [4.69, 9.17) is 5.26 Å². The number of anilines is 1. The second-order valence-corrected chi connectivity index (χ2v) is 7.90. The van der Waals surface area contributed by atoms with Crippen molar-refractivity contribution in [3.05, 3.63) is 102 Å². The number of nitrogens with zero attached hydrogens (tertiary/aromatic N) is 4. The van der Waals surface area contributed by atoms with Crippen LogP contribution >= 0.6 is 0 Å². The van der Waals surface area contributed by atoms with Gasteiger partial charge >= 0.3 is 0 Å². The molecule has 0 saturated carbocycles. The Balaban J connectivity index is 1.46. The van der Waals surface area contributed by atoms with Gasteiger partial charge in [0, 0.05) is 42.7 Å². The van der Waals surface area contributed by atoms with E-state index in [1.165, 1.54) is 0 Å². The Morgan fingerprint density at radius 2 is 1.83 bits per heavy atom. The fourth-order valence-electron chi connectivity index (χ4n) is 3.66. The highest BCUT2D eigenvalue weighted by atomic mass is 19.1. The second-order valence-electron chi connectivity index (χ2n) is 7.90. The molecule has 7 nitrogen and oxygen atoms in total. The smallest absolute Gasteiger partial charge is 0.247 e. The van der Waals surface area contributed by atoms with Crippen LogP contribution < -0.4 is 10.6 Å². The lowest BCUT2D eigenvalue weighted by molar-refractivity contribution is -0.118. The molecule has 2 N–H and O–H groups in total. The molecule has 0 spiro atoms. The Bertz CT molecular complexity index is 1340. The van der Waals surface area contributed by atoms with Crippen LogP contribution in [-0.4, -0.2) is 27.2 Å². The third kappa shape index (κ3) is 5.75. The van der Waals surface area contributed by atoms with Crippen molar-refractivity contribution in [1.82, 2.24) is 20.1 Å². The maximum absolute atomic E-state index is 14.2. The number of hydrogen-bond acceptors (Lipinski definition) is 5. The molecule has 35 heavy (non-hydrogen) atoms. The minimum Gasteiger partial charge on any atom is -0.309 e. The number of rotatable bonds is 8. The van der Waals surface area contributed by atoms with Crippen molar-refractivity contribution >= 4 is 11.7 Å². The Kier molecular flexibility index (Phi) is 7.24. The molecule has 176 valence electrons. The first kappa shape index (κ1) is 23.7. The van der Waals surface area contributed by atoms with Crippen molar-refractivity contribution in [1.29, 1.82) is 5.26 Å². The highest BCUT2D eigenvalue weighted by molar-refractivity contribution is 5.95. The Morgan fingerprint density at radius 1 is 1.09 bits per heavy atom. The maximum atomic E-state index is 14.2. The molecule has 2 aromatic heterocycles. The van der Waals surface area contributed by atoms with E-state index in [0.29, 0.717) is 11.4 Å². The Morgan fingerprint density at radius 3 is 2.43 bits per heavy atom. The van der Waals surface area contributed by atoms with Gasteiger partial charge in [-0.05, 0) is 36.2 Å². The minimum atomic E-state index is -0.790. The lowest BCUT2D eigenvalue weighted by Crippen LogP contribution is -2.34. The van der Waals surface area contributed by atoms with Crippen molar-refractivity contribution in [3.8, 4) is 17.2 Å². The summed E-state index contributed by atoms with van der Waals surface area (Å²) in [7, 11) is 1.83. The lowest BCUT2D eigenvalue weighted by Gasteiger charge is -2.19. The number of nitriles is 1. The molecule has 0 aliphatic heterocycles. The van der Waals surface area contributed by atoms with Gasteiger partial charge in [0.2, 0.25) is 5.91 Å². The number of halogens is 2. The molecule has 0 aliphatic rings. The monoisotopic (exact) mass is 472 g/mol. The predicted octanol–water partition coefficient (Wildman–Crippen LogP) is 4.14. The highest BCUT2D eigenvalue weighted by Gasteiger charge is 2.21. The van der Waals surface area contributed by atoms with Gasteiger partial charge in [-0.25, -0.2) is 13.8 Å². The molecular weight excluding hydrogens is 450 g/mol. The van der Waals surface area contributed by atoms with E-state index in [9.17, 15) is 13.6 Å². The largest absolute Gasteiger partial charge is 0.309 e. The molecule has 0 fully saturated rings. The van der Waals surface area contributed by atoms with Gasteiger partial charge in [-0.2, -0.15) is 10.4 Å². The van der Waals surface area contributed by atoms with Crippen molar-refractivity contribution in [2.24, 2.45) is 7.05 Å². The zero-order valence-corrected chi connectivity index (χ0v) is 18.9. The van der Waals surface area contributed by atoms with Gasteiger partial charge in [0.15, 0.2) is 0 Å². The molecule has 0 radical (unpaired) electrons. The first-order valence-corrected chi connectivity index (χ1v) is 10.9. The number of hydrogen-bond donors (Lipinski definition) is 2. The number of aromatic nitrogens is 3. The van der Waals surface area contributed by atoms with Crippen molar-refractivity contribution in [3.63, 3.8) is 0 Å². The zero-order chi connectivity index (χ0) is 24.8. The Hall–Kier alpha value is -4.42. The van der Waals surface area contributed by atoms with Crippen LogP contribution in [0.1, 0.15) is 22.7 Å². The summed E-state index contributed by atoms with van der Waals surface area (Å²) in [6.07, 6.45) is 5.24. The lowest BCUT2D eigenvalue weighted by atomic mass is 10.0. The van der Waals surface area contributed by atoms with E-state index in [1.54, 1.807) is 53.5 Å². The molecular formula is C26H22F2N6O. The van der Waals surface area contributed by atoms with Crippen LogP contribution in [0.25, 0.3) is 11.1 Å². The molecule has 0 aliphatic carbocycles. The summed E-state index contributed by atoms with van der Waals surface area (Å²) in [6, 6.07) is 15.5. The second kappa shape index (κ2) is 10.7. The van der Waals surface area contributed by atoms with Crippen molar-refractivity contribution < 1.29 is 13.6 Å². The standard InChI is InChI=1S/C26H22F2N6O/c1-34-16-20(15-32-34)19-7-8-24(31-14-19)33-26(35)25(18-5-3-2-4-6-18)30-10-9-21-22(27)11-17(13-29)12-23(21)28/h2-8,11-12,14-16,25,30H,9-10H2,1H3,(H,31,33,35). The molecule has 1 atom stereocenters. The van der Waals surface area contributed by atoms with Crippen LogP contribution in [0.2, 0.25) is 0 Å². The fraction of sp³-hybridized carbons (Fsp3) is 0.154. The molecule has 2 heterocycles.